The average Bonchev–Trinajstić information content (AvgIpc) is 2.28. The van der Waals surface area contributed by atoms with Gasteiger partial charge in [-0.2, -0.15) is 0 Å². The van der Waals surface area contributed by atoms with Crippen LogP contribution in [0.25, 0.3) is 0 Å². The third kappa shape index (κ3) is 3.46. The first kappa shape index (κ1) is 12.9. The molecule has 6 nitrogen and oxygen atoms in total. The Bertz CT molecular complexity index is 262. The highest BCUT2D eigenvalue weighted by Crippen LogP contribution is 2.17. The smallest absolute Gasteiger partial charge is 0.321 e. The molecule has 1 aliphatic heterocycles. The van der Waals surface area contributed by atoms with Gasteiger partial charge in [-0.25, -0.2) is 0 Å². The summed E-state index contributed by atoms with van der Waals surface area (Å²) in [6.45, 7) is 1.83. The molecular formula is C10H19N3O3. The summed E-state index contributed by atoms with van der Waals surface area (Å²) in [6.07, 6.45) is 1.54. The molecule has 92 valence electrons. The summed E-state index contributed by atoms with van der Waals surface area (Å²) in [6, 6.07) is -0.837. The third-order valence-corrected chi connectivity index (χ3v) is 2.98. The Balaban J connectivity index is 2.32. The Hall–Kier alpha value is -1.14. The number of rotatable bonds is 4. The molecule has 0 aromatic rings. The second kappa shape index (κ2) is 5.81. The molecule has 0 bridgehead atoms. The van der Waals surface area contributed by atoms with Crippen molar-refractivity contribution in [3.05, 3.63) is 0 Å². The molecule has 0 radical (unpaired) electrons. The Morgan fingerprint density at radius 2 is 2.06 bits per heavy atom. The molecule has 1 amide bonds. The van der Waals surface area contributed by atoms with Crippen LogP contribution in [0, 0.1) is 5.92 Å². The molecule has 16 heavy (non-hydrogen) atoms. The summed E-state index contributed by atoms with van der Waals surface area (Å²) in [5.74, 6) is -0.849. The zero-order chi connectivity index (χ0) is 12.1. The molecule has 0 spiro atoms. The summed E-state index contributed by atoms with van der Waals surface area (Å²) >= 11 is 0. The van der Waals surface area contributed by atoms with E-state index in [1.165, 1.54) is 0 Å². The molecule has 0 saturated carbocycles. The van der Waals surface area contributed by atoms with Crippen molar-refractivity contribution in [3.8, 4) is 0 Å². The zero-order valence-electron chi connectivity index (χ0n) is 9.48. The van der Waals surface area contributed by atoms with Crippen LogP contribution in [-0.4, -0.2) is 54.6 Å². The normalized spacial score (nSPS) is 20.4. The maximum absolute atomic E-state index is 11.4. The molecule has 1 unspecified atom stereocenters. The number of hydrogen-bond donors (Lipinski definition) is 3. The van der Waals surface area contributed by atoms with E-state index >= 15 is 0 Å². The topological polar surface area (TPSA) is 95.7 Å². The quantitative estimate of drug-likeness (QED) is 0.566. The largest absolute Gasteiger partial charge is 0.480 e. The highest BCUT2D eigenvalue weighted by Gasteiger charge is 2.26. The van der Waals surface area contributed by atoms with Gasteiger partial charge in [-0.15, -0.1) is 0 Å². The summed E-state index contributed by atoms with van der Waals surface area (Å²) < 4.78 is 0. The van der Waals surface area contributed by atoms with E-state index in [1.807, 2.05) is 4.90 Å². The first-order valence-corrected chi connectivity index (χ1v) is 5.47. The van der Waals surface area contributed by atoms with Gasteiger partial charge in [0.25, 0.3) is 0 Å². The van der Waals surface area contributed by atoms with Gasteiger partial charge in [0.1, 0.15) is 6.04 Å². The van der Waals surface area contributed by atoms with Crippen molar-refractivity contribution in [2.24, 2.45) is 11.7 Å². The van der Waals surface area contributed by atoms with Gasteiger partial charge in [0.15, 0.2) is 0 Å². The number of carboxylic acids is 1. The number of carboxylic acid groups (broad SMARTS) is 1. The van der Waals surface area contributed by atoms with Crippen LogP contribution < -0.4 is 11.1 Å². The Morgan fingerprint density at radius 3 is 2.50 bits per heavy atom. The Labute approximate surface area is 94.8 Å². The molecule has 1 fully saturated rings. The van der Waals surface area contributed by atoms with Crippen LogP contribution >= 0.6 is 0 Å². The second-order valence-corrected chi connectivity index (χ2v) is 4.13. The Kier molecular flexibility index (Phi) is 4.70. The van der Waals surface area contributed by atoms with E-state index in [4.69, 9.17) is 10.8 Å². The van der Waals surface area contributed by atoms with E-state index in [9.17, 15) is 9.59 Å². The average molecular weight is 229 g/mol. The van der Waals surface area contributed by atoms with Crippen LogP contribution in [0.15, 0.2) is 0 Å². The summed E-state index contributed by atoms with van der Waals surface area (Å²) in [4.78, 5) is 23.9. The van der Waals surface area contributed by atoms with Crippen molar-refractivity contribution in [2.45, 2.75) is 18.9 Å². The molecule has 0 aromatic heterocycles. The van der Waals surface area contributed by atoms with E-state index in [2.05, 4.69) is 5.32 Å². The number of nitrogens with zero attached hydrogens (tertiary/aromatic N) is 1. The van der Waals surface area contributed by atoms with E-state index in [1.54, 1.807) is 7.05 Å². The molecule has 1 aliphatic rings. The number of amides is 1. The number of hydrogen-bond acceptors (Lipinski definition) is 4. The first-order valence-electron chi connectivity index (χ1n) is 5.47. The lowest BCUT2D eigenvalue weighted by Crippen LogP contribution is -2.47. The SMILES string of the molecule is CNC(=O)C1CCN(CC(N)C(=O)O)CC1. The minimum Gasteiger partial charge on any atom is -0.480 e. The van der Waals surface area contributed by atoms with Gasteiger partial charge < -0.3 is 21.1 Å². The second-order valence-electron chi connectivity index (χ2n) is 4.13. The summed E-state index contributed by atoms with van der Waals surface area (Å²) in [7, 11) is 1.63. The number of nitrogens with one attached hydrogen (secondary N) is 1. The molecule has 0 aromatic carbocycles. The fourth-order valence-electron chi connectivity index (χ4n) is 1.94. The minimum absolute atomic E-state index is 0.0577. The van der Waals surface area contributed by atoms with Crippen LogP contribution in [0.3, 0.4) is 0 Å². The van der Waals surface area contributed by atoms with E-state index < -0.39 is 12.0 Å². The van der Waals surface area contributed by atoms with Crippen molar-refractivity contribution in [3.63, 3.8) is 0 Å². The first-order chi connectivity index (χ1) is 7.54. The van der Waals surface area contributed by atoms with Crippen molar-refractivity contribution < 1.29 is 14.7 Å². The molecular weight excluding hydrogens is 210 g/mol. The van der Waals surface area contributed by atoms with Crippen molar-refractivity contribution in [1.29, 1.82) is 0 Å². The van der Waals surface area contributed by atoms with Gasteiger partial charge in [0.05, 0.1) is 0 Å². The van der Waals surface area contributed by atoms with E-state index in [0.717, 1.165) is 25.9 Å². The van der Waals surface area contributed by atoms with E-state index in [0.29, 0.717) is 6.54 Å². The van der Waals surface area contributed by atoms with Crippen LogP contribution in [0.4, 0.5) is 0 Å². The molecule has 1 atom stereocenters. The number of piperidine rings is 1. The number of carbonyl (C=O) groups excluding carboxylic acids is 1. The van der Waals surface area contributed by atoms with Gasteiger partial charge in [0.2, 0.25) is 5.91 Å². The number of likely N-dealkylation sites (tertiary alicyclic amines) is 1. The van der Waals surface area contributed by atoms with Crippen molar-refractivity contribution in [1.82, 2.24) is 10.2 Å². The highest BCUT2D eigenvalue weighted by molar-refractivity contribution is 5.78. The maximum atomic E-state index is 11.4. The fourth-order valence-corrected chi connectivity index (χ4v) is 1.94. The Morgan fingerprint density at radius 1 is 1.50 bits per heavy atom. The number of aliphatic carboxylic acids is 1. The lowest BCUT2D eigenvalue weighted by Gasteiger charge is -2.31. The van der Waals surface area contributed by atoms with Gasteiger partial charge in [-0.05, 0) is 25.9 Å². The minimum atomic E-state index is -0.978. The van der Waals surface area contributed by atoms with Gasteiger partial charge in [0, 0.05) is 19.5 Å². The van der Waals surface area contributed by atoms with Crippen LogP contribution in [0.2, 0.25) is 0 Å². The van der Waals surface area contributed by atoms with Gasteiger partial charge in [-0.1, -0.05) is 0 Å². The maximum Gasteiger partial charge on any atom is 0.321 e. The zero-order valence-corrected chi connectivity index (χ0v) is 9.48. The molecule has 1 rings (SSSR count). The predicted octanol–water partition coefficient (Wildman–Crippen LogP) is -1.14. The van der Waals surface area contributed by atoms with Gasteiger partial charge in [-0.3, -0.25) is 9.59 Å². The van der Waals surface area contributed by atoms with Crippen molar-refractivity contribution >= 4 is 11.9 Å². The van der Waals surface area contributed by atoms with Crippen LogP contribution in [0.1, 0.15) is 12.8 Å². The third-order valence-electron chi connectivity index (χ3n) is 2.98. The van der Waals surface area contributed by atoms with Crippen molar-refractivity contribution in [2.75, 3.05) is 26.7 Å². The number of carbonyl (C=O) groups is 2. The molecule has 0 aliphatic carbocycles. The monoisotopic (exact) mass is 229 g/mol. The van der Waals surface area contributed by atoms with Gasteiger partial charge >= 0.3 is 5.97 Å². The van der Waals surface area contributed by atoms with Crippen LogP contribution in [-0.2, 0) is 9.59 Å². The predicted molar refractivity (Wildman–Crippen MR) is 58.8 cm³/mol. The summed E-state index contributed by atoms with van der Waals surface area (Å²) in [5.41, 5.74) is 5.45. The molecule has 6 heteroatoms. The molecule has 1 saturated heterocycles. The summed E-state index contributed by atoms with van der Waals surface area (Å²) in [5, 5.41) is 11.3. The lowest BCUT2D eigenvalue weighted by atomic mass is 9.96. The highest BCUT2D eigenvalue weighted by atomic mass is 16.4. The van der Waals surface area contributed by atoms with Crippen LogP contribution in [0.5, 0.6) is 0 Å². The number of nitrogens with two attached hydrogens (primary N) is 1. The standard InChI is InChI=1S/C10H19N3O3/c1-12-9(14)7-2-4-13(5-3-7)6-8(11)10(15)16/h7-8H,2-6,11H2,1H3,(H,12,14)(H,15,16). The lowest BCUT2D eigenvalue weighted by molar-refractivity contribution is -0.139. The molecule has 4 N–H and O–H groups in total. The fraction of sp³-hybridized carbons (Fsp3) is 0.800. The molecule has 1 heterocycles. The van der Waals surface area contributed by atoms with E-state index in [-0.39, 0.29) is 11.8 Å².